The highest BCUT2D eigenvalue weighted by Gasteiger charge is 2.41. The summed E-state index contributed by atoms with van der Waals surface area (Å²) < 4.78 is 6.83. The van der Waals surface area contributed by atoms with E-state index in [0.29, 0.717) is 5.92 Å². The first-order valence-corrected chi connectivity index (χ1v) is 7.20. The van der Waals surface area contributed by atoms with Crippen LogP contribution in [0, 0.1) is 11.8 Å². The Balaban J connectivity index is 2.18. The molecule has 0 bridgehead atoms. The van der Waals surface area contributed by atoms with Crippen molar-refractivity contribution in [3.8, 4) is 0 Å². The first-order valence-electron chi connectivity index (χ1n) is 5.59. The van der Waals surface area contributed by atoms with Crippen LogP contribution in [-0.4, -0.2) is 17.3 Å². The number of ether oxygens (including phenoxy) is 1. The van der Waals surface area contributed by atoms with Gasteiger partial charge in [-0.1, -0.05) is 6.92 Å². The van der Waals surface area contributed by atoms with Crippen LogP contribution in [0.4, 0.5) is 0 Å². The standard InChI is InChI=1S/C12H17BrO2S/c1-6-7(2)15-8(3)11(6)12(14)9-4-5-10(13)16-9/h4-8,11-12,14H,1-3H3. The Morgan fingerprint density at radius 1 is 1.31 bits per heavy atom. The van der Waals surface area contributed by atoms with E-state index in [4.69, 9.17) is 4.74 Å². The van der Waals surface area contributed by atoms with E-state index in [1.807, 2.05) is 12.1 Å². The molecule has 16 heavy (non-hydrogen) atoms. The van der Waals surface area contributed by atoms with E-state index in [-0.39, 0.29) is 18.1 Å². The van der Waals surface area contributed by atoms with E-state index >= 15 is 0 Å². The lowest BCUT2D eigenvalue weighted by molar-refractivity contribution is 0.0242. The number of hydrogen-bond acceptors (Lipinski definition) is 3. The molecular formula is C12H17BrO2S. The van der Waals surface area contributed by atoms with Crippen LogP contribution in [0.25, 0.3) is 0 Å². The van der Waals surface area contributed by atoms with Crippen molar-refractivity contribution < 1.29 is 9.84 Å². The third-order valence-corrected chi connectivity index (χ3v) is 5.26. The molecule has 0 radical (unpaired) electrons. The molecule has 1 aromatic rings. The molecule has 1 aliphatic heterocycles. The van der Waals surface area contributed by atoms with Gasteiger partial charge in [-0.05, 0) is 47.8 Å². The maximum atomic E-state index is 10.4. The van der Waals surface area contributed by atoms with Crippen LogP contribution in [0.15, 0.2) is 15.9 Å². The summed E-state index contributed by atoms with van der Waals surface area (Å²) in [5.41, 5.74) is 0. The predicted molar refractivity (Wildman–Crippen MR) is 69.6 cm³/mol. The average molecular weight is 305 g/mol. The van der Waals surface area contributed by atoms with E-state index in [9.17, 15) is 5.11 Å². The molecule has 1 fully saturated rings. The largest absolute Gasteiger partial charge is 0.387 e. The highest BCUT2D eigenvalue weighted by molar-refractivity contribution is 9.11. The van der Waals surface area contributed by atoms with Crippen molar-refractivity contribution in [1.29, 1.82) is 0 Å². The van der Waals surface area contributed by atoms with E-state index in [0.717, 1.165) is 8.66 Å². The maximum Gasteiger partial charge on any atom is 0.0938 e. The second kappa shape index (κ2) is 4.77. The predicted octanol–water partition coefficient (Wildman–Crippen LogP) is 3.60. The van der Waals surface area contributed by atoms with Crippen molar-refractivity contribution in [3.05, 3.63) is 20.8 Å². The van der Waals surface area contributed by atoms with Gasteiger partial charge in [-0.15, -0.1) is 11.3 Å². The molecule has 0 amide bonds. The molecule has 0 aromatic carbocycles. The van der Waals surface area contributed by atoms with Crippen LogP contribution in [0.2, 0.25) is 0 Å². The Bertz CT molecular complexity index is 366. The third-order valence-electron chi connectivity index (χ3n) is 3.57. The molecule has 4 heteroatoms. The fraction of sp³-hybridized carbons (Fsp3) is 0.667. The zero-order chi connectivity index (χ0) is 11.9. The molecule has 2 rings (SSSR count). The van der Waals surface area contributed by atoms with E-state index in [1.54, 1.807) is 11.3 Å². The van der Waals surface area contributed by atoms with E-state index in [1.165, 1.54) is 0 Å². The van der Waals surface area contributed by atoms with Gasteiger partial charge in [-0.2, -0.15) is 0 Å². The number of aliphatic hydroxyl groups excluding tert-OH is 1. The molecule has 5 unspecified atom stereocenters. The van der Waals surface area contributed by atoms with Gasteiger partial charge in [0.15, 0.2) is 0 Å². The minimum Gasteiger partial charge on any atom is -0.387 e. The van der Waals surface area contributed by atoms with Crippen LogP contribution in [0.3, 0.4) is 0 Å². The van der Waals surface area contributed by atoms with Gasteiger partial charge in [0, 0.05) is 10.8 Å². The van der Waals surface area contributed by atoms with Crippen molar-refractivity contribution >= 4 is 27.3 Å². The Hall–Kier alpha value is 0.1000. The van der Waals surface area contributed by atoms with Crippen molar-refractivity contribution in [2.45, 2.75) is 39.1 Å². The maximum absolute atomic E-state index is 10.4. The van der Waals surface area contributed by atoms with Gasteiger partial charge >= 0.3 is 0 Å². The van der Waals surface area contributed by atoms with Gasteiger partial charge in [0.1, 0.15) is 0 Å². The average Bonchev–Trinajstić information content (AvgIpc) is 2.73. The number of halogens is 1. The molecule has 2 nitrogen and oxygen atoms in total. The number of aliphatic hydroxyl groups is 1. The summed E-state index contributed by atoms with van der Waals surface area (Å²) >= 11 is 5.03. The van der Waals surface area contributed by atoms with Crippen LogP contribution in [-0.2, 0) is 4.74 Å². The summed E-state index contributed by atoms with van der Waals surface area (Å²) in [7, 11) is 0. The van der Waals surface area contributed by atoms with Gasteiger partial charge in [0.2, 0.25) is 0 Å². The van der Waals surface area contributed by atoms with Gasteiger partial charge in [-0.25, -0.2) is 0 Å². The Morgan fingerprint density at radius 3 is 2.44 bits per heavy atom. The summed E-state index contributed by atoms with van der Waals surface area (Å²) in [6.07, 6.45) is -0.0508. The van der Waals surface area contributed by atoms with Gasteiger partial charge in [0.25, 0.3) is 0 Å². The lowest BCUT2D eigenvalue weighted by Crippen LogP contribution is -2.24. The second-order valence-corrected chi connectivity index (χ2v) is 7.06. The molecule has 1 N–H and O–H groups in total. The van der Waals surface area contributed by atoms with Crippen LogP contribution >= 0.6 is 27.3 Å². The number of hydrogen-bond donors (Lipinski definition) is 1. The fourth-order valence-corrected chi connectivity index (χ4v) is 3.98. The number of thiophene rings is 1. The molecule has 1 aromatic heterocycles. The Labute approximate surface area is 109 Å². The second-order valence-electron chi connectivity index (χ2n) is 4.57. The molecule has 0 spiro atoms. The summed E-state index contributed by atoms with van der Waals surface area (Å²) in [6, 6.07) is 3.97. The molecule has 2 heterocycles. The summed E-state index contributed by atoms with van der Waals surface area (Å²) in [6.45, 7) is 6.29. The van der Waals surface area contributed by atoms with Crippen molar-refractivity contribution in [3.63, 3.8) is 0 Å². The summed E-state index contributed by atoms with van der Waals surface area (Å²) in [5, 5.41) is 10.4. The molecule has 0 aliphatic carbocycles. The van der Waals surface area contributed by atoms with Gasteiger partial charge < -0.3 is 9.84 Å². The fourth-order valence-electron chi connectivity index (χ4n) is 2.51. The third kappa shape index (κ3) is 2.21. The molecular weight excluding hydrogens is 288 g/mol. The monoisotopic (exact) mass is 304 g/mol. The minimum atomic E-state index is -0.411. The smallest absolute Gasteiger partial charge is 0.0938 e. The Morgan fingerprint density at radius 2 is 2.00 bits per heavy atom. The first-order chi connectivity index (χ1) is 7.50. The summed E-state index contributed by atoms with van der Waals surface area (Å²) in [4.78, 5) is 1.02. The molecule has 90 valence electrons. The van der Waals surface area contributed by atoms with Crippen molar-refractivity contribution in [1.82, 2.24) is 0 Å². The zero-order valence-corrected chi connectivity index (χ0v) is 12.1. The quantitative estimate of drug-likeness (QED) is 0.904. The molecule has 1 saturated heterocycles. The summed E-state index contributed by atoms with van der Waals surface area (Å²) in [5.74, 6) is 0.589. The minimum absolute atomic E-state index is 0.126. The lowest BCUT2D eigenvalue weighted by Gasteiger charge is -2.23. The van der Waals surface area contributed by atoms with Crippen molar-refractivity contribution in [2.24, 2.45) is 11.8 Å². The SMILES string of the molecule is CC1OC(C)C(C(O)c2ccc(Br)s2)C1C. The highest BCUT2D eigenvalue weighted by atomic mass is 79.9. The Kier molecular flexibility index (Phi) is 3.74. The topological polar surface area (TPSA) is 29.5 Å². The van der Waals surface area contributed by atoms with Crippen LogP contribution in [0.1, 0.15) is 31.8 Å². The number of rotatable bonds is 2. The van der Waals surface area contributed by atoms with Crippen molar-refractivity contribution in [2.75, 3.05) is 0 Å². The first kappa shape index (κ1) is 12.6. The lowest BCUT2D eigenvalue weighted by atomic mass is 9.84. The van der Waals surface area contributed by atoms with E-state index in [2.05, 4.69) is 36.7 Å². The normalized spacial score (nSPS) is 36.6. The molecule has 0 saturated carbocycles. The van der Waals surface area contributed by atoms with Gasteiger partial charge in [-0.3, -0.25) is 0 Å². The molecule has 1 aliphatic rings. The van der Waals surface area contributed by atoms with E-state index < -0.39 is 6.10 Å². The van der Waals surface area contributed by atoms with Crippen LogP contribution in [0.5, 0.6) is 0 Å². The van der Waals surface area contributed by atoms with Crippen LogP contribution < -0.4 is 0 Å². The van der Waals surface area contributed by atoms with Gasteiger partial charge in [0.05, 0.1) is 22.1 Å². The molecule has 5 atom stereocenters. The highest BCUT2D eigenvalue weighted by Crippen LogP contribution is 2.42. The zero-order valence-electron chi connectivity index (χ0n) is 9.68.